The Balaban J connectivity index is 2.90. The number of aromatic nitrogens is 2. The van der Waals surface area contributed by atoms with Crippen LogP contribution >= 0.6 is 0 Å². The predicted octanol–water partition coefficient (Wildman–Crippen LogP) is 1.27. The zero-order chi connectivity index (χ0) is 10.1. The summed E-state index contributed by atoms with van der Waals surface area (Å²) in [6.45, 7) is 1.49. The van der Waals surface area contributed by atoms with Gasteiger partial charge in [-0.15, -0.1) is 13.2 Å². The molecule has 0 saturated carbocycles. The summed E-state index contributed by atoms with van der Waals surface area (Å²) in [5.41, 5.74) is 5.42. The molecule has 4 nitrogen and oxygen atoms in total. The smallest absolute Gasteiger partial charge is 0.388 e. The third-order valence-electron chi connectivity index (χ3n) is 1.07. The van der Waals surface area contributed by atoms with Gasteiger partial charge in [-0.1, -0.05) is 0 Å². The van der Waals surface area contributed by atoms with Gasteiger partial charge < -0.3 is 10.5 Å². The van der Waals surface area contributed by atoms with Crippen LogP contribution in [0.5, 0.6) is 5.88 Å². The van der Waals surface area contributed by atoms with Crippen molar-refractivity contribution in [2.45, 2.75) is 13.3 Å². The van der Waals surface area contributed by atoms with E-state index in [0.29, 0.717) is 5.69 Å². The van der Waals surface area contributed by atoms with Crippen LogP contribution in [0.25, 0.3) is 0 Å². The van der Waals surface area contributed by atoms with Crippen molar-refractivity contribution in [1.82, 2.24) is 9.97 Å². The molecular weight excluding hydrogens is 187 g/mol. The predicted molar refractivity (Wildman–Crippen MR) is 37.9 cm³/mol. The van der Waals surface area contributed by atoms with Crippen molar-refractivity contribution in [3.05, 3.63) is 11.8 Å². The lowest BCUT2D eigenvalue weighted by atomic mass is 10.4. The largest absolute Gasteiger partial charge is 0.574 e. The second-order valence-electron chi connectivity index (χ2n) is 2.25. The number of hydrogen-bond acceptors (Lipinski definition) is 4. The second-order valence-corrected chi connectivity index (χ2v) is 2.25. The Morgan fingerprint density at radius 3 is 2.46 bits per heavy atom. The van der Waals surface area contributed by atoms with Crippen LogP contribution in [0, 0.1) is 6.92 Å². The van der Waals surface area contributed by atoms with Crippen LogP contribution < -0.4 is 10.5 Å². The van der Waals surface area contributed by atoms with E-state index in [9.17, 15) is 13.2 Å². The van der Waals surface area contributed by atoms with E-state index in [1.54, 1.807) is 0 Å². The summed E-state index contributed by atoms with van der Waals surface area (Å²) in [7, 11) is 0. The second kappa shape index (κ2) is 3.08. The normalized spacial score (nSPS) is 11.4. The van der Waals surface area contributed by atoms with E-state index < -0.39 is 12.2 Å². The molecule has 1 rings (SSSR count). The lowest BCUT2D eigenvalue weighted by molar-refractivity contribution is -0.276. The Bertz CT molecular complexity index is 292. The van der Waals surface area contributed by atoms with Gasteiger partial charge in [0, 0.05) is 11.8 Å². The van der Waals surface area contributed by atoms with Crippen LogP contribution in [0.2, 0.25) is 0 Å². The van der Waals surface area contributed by atoms with Gasteiger partial charge in [0.1, 0.15) is 0 Å². The van der Waals surface area contributed by atoms with Crippen LogP contribution in [0.1, 0.15) is 5.69 Å². The molecule has 13 heavy (non-hydrogen) atoms. The summed E-state index contributed by atoms with van der Waals surface area (Å²) in [6, 6.07) is 1.05. The number of halogens is 3. The molecule has 1 aromatic heterocycles. The molecule has 0 aliphatic carbocycles. The van der Waals surface area contributed by atoms with Crippen LogP contribution in [-0.2, 0) is 0 Å². The van der Waals surface area contributed by atoms with Crippen molar-refractivity contribution < 1.29 is 17.9 Å². The fourth-order valence-corrected chi connectivity index (χ4v) is 0.733. The Morgan fingerprint density at radius 1 is 1.38 bits per heavy atom. The maximum absolute atomic E-state index is 11.7. The molecule has 1 heterocycles. The van der Waals surface area contributed by atoms with E-state index in [1.165, 1.54) is 6.92 Å². The molecule has 72 valence electrons. The molecule has 0 aromatic carbocycles. The molecule has 0 saturated heterocycles. The van der Waals surface area contributed by atoms with Crippen LogP contribution in [-0.4, -0.2) is 16.3 Å². The number of aryl methyl sites for hydroxylation is 1. The number of nitrogens with two attached hydrogens (primary N) is 1. The Morgan fingerprint density at radius 2 is 2.00 bits per heavy atom. The lowest BCUT2D eigenvalue weighted by Gasteiger charge is -2.07. The summed E-state index contributed by atoms with van der Waals surface area (Å²) in [6.07, 6.45) is -4.76. The SMILES string of the molecule is Cc1cc(OC(F)(F)F)nc(N)n1. The van der Waals surface area contributed by atoms with Crippen molar-refractivity contribution in [2.24, 2.45) is 0 Å². The molecular formula is C6H6F3N3O. The average molecular weight is 193 g/mol. The first-order valence-electron chi connectivity index (χ1n) is 3.24. The molecule has 0 fully saturated rings. The number of nitrogens with zero attached hydrogens (tertiary/aromatic N) is 2. The fourth-order valence-electron chi connectivity index (χ4n) is 0.733. The number of nitrogen functional groups attached to an aromatic ring is 1. The van der Waals surface area contributed by atoms with Crippen LogP contribution in [0.15, 0.2) is 6.07 Å². The molecule has 0 aliphatic rings. The van der Waals surface area contributed by atoms with Gasteiger partial charge in [0.15, 0.2) is 0 Å². The standard InChI is InChI=1S/C6H6F3N3O/c1-3-2-4(12-5(10)11-3)13-6(7,8)9/h2H,1H3,(H2,10,11,12). The molecule has 0 aliphatic heterocycles. The maximum Gasteiger partial charge on any atom is 0.574 e. The number of anilines is 1. The minimum atomic E-state index is -4.76. The Kier molecular flexibility index (Phi) is 2.26. The first-order chi connectivity index (χ1) is 5.87. The van der Waals surface area contributed by atoms with E-state index in [4.69, 9.17) is 5.73 Å². The van der Waals surface area contributed by atoms with Gasteiger partial charge in [0.2, 0.25) is 11.8 Å². The zero-order valence-electron chi connectivity index (χ0n) is 6.59. The molecule has 7 heteroatoms. The van der Waals surface area contributed by atoms with Gasteiger partial charge in [-0.25, -0.2) is 4.98 Å². The molecule has 0 bridgehead atoms. The summed E-state index contributed by atoms with van der Waals surface area (Å²) in [5, 5.41) is 0. The highest BCUT2D eigenvalue weighted by molar-refractivity contribution is 5.25. The fraction of sp³-hybridized carbons (Fsp3) is 0.333. The van der Waals surface area contributed by atoms with Crippen molar-refractivity contribution in [3.8, 4) is 5.88 Å². The lowest BCUT2D eigenvalue weighted by Crippen LogP contribution is -2.18. The topological polar surface area (TPSA) is 61.0 Å². The van der Waals surface area contributed by atoms with E-state index in [2.05, 4.69) is 14.7 Å². The van der Waals surface area contributed by atoms with E-state index in [-0.39, 0.29) is 5.95 Å². The summed E-state index contributed by atoms with van der Waals surface area (Å²) in [5.74, 6) is -0.850. The molecule has 0 radical (unpaired) electrons. The molecule has 0 spiro atoms. The van der Waals surface area contributed by atoms with Crippen LogP contribution in [0.3, 0.4) is 0 Å². The van der Waals surface area contributed by atoms with Gasteiger partial charge in [0.05, 0.1) is 0 Å². The Hall–Kier alpha value is -1.53. The highest BCUT2D eigenvalue weighted by Crippen LogP contribution is 2.21. The van der Waals surface area contributed by atoms with Crippen LogP contribution in [0.4, 0.5) is 19.1 Å². The molecule has 0 atom stereocenters. The number of hydrogen-bond donors (Lipinski definition) is 1. The quantitative estimate of drug-likeness (QED) is 0.729. The van der Waals surface area contributed by atoms with Crippen molar-refractivity contribution >= 4 is 5.95 Å². The minimum absolute atomic E-state index is 0.251. The molecule has 2 N–H and O–H groups in total. The zero-order valence-corrected chi connectivity index (χ0v) is 6.59. The molecule has 0 unspecified atom stereocenters. The Labute approximate surface area is 71.6 Å². The summed E-state index contributed by atoms with van der Waals surface area (Å²) < 4.78 is 38.6. The molecule has 0 amide bonds. The number of alkyl halides is 3. The van der Waals surface area contributed by atoms with E-state index in [1.807, 2.05) is 0 Å². The van der Waals surface area contributed by atoms with E-state index in [0.717, 1.165) is 6.07 Å². The van der Waals surface area contributed by atoms with Gasteiger partial charge >= 0.3 is 6.36 Å². The van der Waals surface area contributed by atoms with Gasteiger partial charge in [-0.3, -0.25) is 0 Å². The van der Waals surface area contributed by atoms with Crippen molar-refractivity contribution in [2.75, 3.05) is 5.73 Å². The maximum atomic E-state index is 11.7. The third-order valence-corrected chi connectivity index (χ3v) is 1.07. The van der Waals surface area contributed by atoms with E-state index >= 15 is 0 Å². The van der Waals surface area contributed by atoms with Gasteiger partial charge in [-0.2, -0.15) is 4.98 Å². The first kappa shape index (κ1) is 9.56. The number of rotatable bonds is 1. The summed E-state index contributed by atoms with van der Waals surface area (Å²) in [4.78, 5) is 6.83. The highest BCUT2D eigenvalue weighted by atomic mass is 19.4. The van der Waals surface area contributed by atoms with Crippen molar-refractivity contribution in [1.29, 1.82) is 0 Å². The monoisotopic (exact) mass is 193 g/mol. The first-order valence-corrected chi connectivity index (χ1v) is 3.24. The summed E-state index contributed by atoms with van der Waals surface area (Å²) >= 11 is 0. The minimum Gasteiger partial charge on any atom is -0.388 e. The number of ether oxygens (including phenoxy) is 1. The third kappa shape index (κ3) is 3.14. The molecule has 1 aromatic rings. The van der Waals surface area contributed by atoms with Gasteiger partial charge in [0.25, 0.3) is 0 Å². The van der Waals surface area contributed by atoms with Gasteiger partial charge in [-0.05, 0) is 6.92 Å². The highest BCUT2D eigenvalue weighted by Gasteiger charge is 2.31. The average Bonchev–Trinajstić information content (AvgIpc) is 1.78. The van der Waals surface area contributed by atoms with Crippen molar-refractivity contribution in [3.63, 3.8) is 0 Å².